The number of ether oxygens (including phenoxy) is 1. The molecular formula is C28H34N4O3. The van der Waals surface area contributed by atoms with Crippen molar-refractivity contribution in [3.63, 3.8) is 0 Å². The molecule has 1 N–H and O–H groups in total. The fraction of sp³-hybridized carbons (Fsp3) is 0.357. The van der Waals surface area contributed by atoms with E-state index >= 15 is 0 Å². The Labute approximate surface area is 207 Å². The molecular weight excluding hydrogens is 440 g/mol. The van der Waals surface area contributed by atoms with Gasteiger partial charge in [-0.15, -0.1) is 0 Å². The van der Waals surface area contributed by atoms with Gasteiger partial charge in [-0.3, -0.25) is 9.59 Å². The Balaban J connectivity index is 1.36. The molecule has 2 aromatic carbocycles. The molecule has 1 aliphatic rings. The number of amides is 2. The van der Waals surface area contributed by atoms with Crippen LogP contribution in [0.4, 0.5) is 11.4 Å². The lowest BCUT2D eigenvalue weighted by atomic mass is 10.1. The number of anilines is 2. The summed E-state index contributed by atoms with van der Waals surface area (Å²) in [6.07, 6.45) is 2.76. The van der Waals surface area contributed by atoms with Crippen LogP contribution in [0.3, 0.4) is 0 Å². The highest BCUT2D eigenvalue weighted by atomic mass is 16.5. The summed E-state index contributed by atoms with van der Waals surface area (Å²) in [7, 11) is 0. The number of carbonyl (C=O) groups excluding carboxylic acids is 2. The number of morpholine rings is 1. The van der Waals surface area contributed by atoms with E-state index in [-0.39, 0.29) is 24.4 Å². The van der Waals surface area contributed by atoms with Gasteiger partial charge in [0.05, 0.1) is 13.2 Å². The lowest BCUT2D eigenvalue weighted by Crippen LogP contribution is -2.39. The lowest BCUT2D eigenvalue weighted by molar-refractivity contribution is -0.116. The van der Waals surface area contributed by atoms with Crippen LogP contribution in [0.1, 0.15) is 35.9 Å². The van der Waals surface area contributed by atoms with E-state index in [9.17, 15) is 9.59 Å². The van der Waals surface area contributed by atoms with Crippen molar-refractivity contribution in [1.82, 2.24) is 9.47 Å². The van der Waals surface area contributed by atoms with Crippen LogP contribution < -0.4 is 10.2 Å². The Morgan fingerprint density at radius 3 is 2.40 bits per heavy atom. The van der Waals surface area contributed by atoms with Crippen molar-refractivity contribution in [3.05, 3.63) is 84.2 Å². The highest BCUT2D eigenvalue weighted by Crippen LogP contribution is 2.20. The van der Waals surface area contributed by atoms with Crippen LogP contribution in [0.2, 0.25) is 0 Å². The van der Waals surface area contributed by atoms with E-state index < -0.39 is 0 Å². The average Bonchev–Trinajstić information content (AvgIpc) is 3.39. The Bertz CT molecular complexity index is 1100. The summed E-state index contributed by atoms with van der Waals surface area (Å²) in [5, 5.41) is 2.92. The molecule has 3 aromatic rings. The van der Waals surface area contributed by atoms with Crippen molar-refractivity contribution in [3.8, 4) is 0 Å². The molecule has 1 fully saturated rings. The minimum absolute atomic E-state index is 0.00120. The van der Waals surface area contributed by atoms with Crippen molar-refractivity contribution in [2.45, 2.75) is 26.3 Å². The van der Waals surface area contributed by atoms with Gasteiger partial charge in [-0.05, 0) is 62.2 Å². The first-order valence-electron chi connectivity index (χ1n) is 12.3. The maximum absolute atomic E-state index is 13.3. The van der Waals surface area contributed by atoms with Gasteiger partial charge in [0.25, 0.3) is 5.91 Å². The average molecular weight is 475 g/mol. The van der Waals surface area contributed by atoms with Crippen LogP contribution in [0.15, 0.2) is 72.9 Å². The zero-order valence-corrected chi connectivity index (χ0v) is 20.5. The Kier molecular flexibility index (Phi) is 8.21. The summed E-state index contributed by atoms with van der Waals surface area (Å²) < 4.78 is 7.41. The summed E-state index contributed by atoms with van der Waals surface area (Å²) in [5.74, 6) is -0.356. The molecule has 1 atom stereocenters. The van der Waals surface area contributed by atoms with Gasteiger partial charge >= 0.3 is 0 Å². The van der Waals surface area contributed by atoms with Gasteiger partial charge in [0, 0.05) is 43.2 Å². The van der Waals surface area contributed by atoms with Gasteiger partial charge in [-0.2, -0.15) is 0 Å². The predicted octanol–water partition coefficient (Wildman–Crippen LogP) is 4.23. The monoisotopic (exact) mass is 474 g/mol. The third kappa shape index (κ3) is 6.31. The fourth-order valence-corrected chi connectivity index (χ4v) is 4.45. The molecule has 184 valence electrons. The van der Waals surface area contributed by atoms with Crippen molar-refractivity contribution in [2.75, 3.05) is 49.6 Å². The van der Waals surface area contributed by atoms with Crippen molar-refractivity contribution in [1.29, 1.82) is 0 Å². The van der Waals surface area contributed by atoms with Crippen LogP contribution in [0.25, 0.3) is 0 Å². The first kappa shape index (κ1) is 24.5. The molecule has 2 amide bonds. The van der Waals surface area contributed by atoms with Gasteiger partial charge in [0.1, 0.15) is 12.2 Å². The SMILES string of the molecule is CCN(CC(=O)Nc1ccc(N2CCOCC2)cc1)C(=O)c1cccn1C(C)Cc1ccccc1. The molecule has 1 saturated heterocycles. The molecule has 1 aliphatic heterocycles. The van der Waals surface area contributed by atoms with E-state index in [2.05, 4.69) is 29.3 Å². The predicted molar refractivity (Wildman–Crippen MR) is 139 cm³/mol. The quantitative estimate of drug-likeness (QED) is 0.504. The molecule has 0 aliphatic carbocycles. The van der Waals surface area contributed by atoms with E-state index in [1.807, 2.05) is 72.3 Å². The number of rotatable bonds is 9. The number of carbonyl (C=O) groups is 2. The summed E-state index contributed by atoms with van der Waals surface area (Å²) >= 11 is 0. The number of hydrogen-bond acceptors (Lipinski definition) is 4. The highest BCUT2D eigenvalue weighted by molar-refractivity contribution is 5.98. The van der Waals surface area contributed by atoms with Gasteiger partial charge in [-0.25, -0.2) is 0 Å². The molecule has 1 aromatic heterocycles. The molecule has 7 heteroatoms. The first-order valence-corrected chi connectivity index (χ1v) is 12.3. The minimum Gasteiger partial charge on any atom is -0.378 e. The number of nitrogens with zero attached hydrogens (tertiary/aromatic N) is 3. The molecule has 0 spiro atoms. The molecule has 0 bridgehead atoms. The maximum Gasteiger partial charge on any atom is 0.270 e. The Morgan fingerprint density at radius 2 is 1.71 bits per heavy atom. The van der Waals surface area contributed by atoms with E-state index in [4.69, 9.17) is 4.74 Å². The van der Waals surface area contributed by atoms with E-state index in [1.54, 1.807) is 4.90 Å². The van der Waals surface area contributed by atoms with Crippen LogP contribution in [-0.4, -0.2) is 60.7 Å². The molecule has 0 saturated carbocycles. The minimum atomic E-state index is -0.213. The number of benzene rings is 2. The number of nitrogens with one attached hydrogen (secondary N) is 1. The van der Waals surface area contributed by atoms with Crippen LogP contribution in [-0.2, 0) is 16.0 Å². The fourth-order valence-electron chi connectivity index (χ4n) is 4.45. The van der Waals surface area contributed by atoms with Crippen molar-refractivity contribution < 1.29 is 14.3 Å². The second-order valence-electron chi connectivity index (χ2n) is 8.85. The smallest absolute Gasteiger partial charge is 0.270 e. The second kappa shape index (κ2) is 11.7. The normalized spacial score (nSPS) is 14.4. The van der Waals surface area contributed by atoms with Crippen LogP contribution in [0.5, 0.6) is 0 Å². The van der Waals surface area contributed by atoms with E-state index in [0.717, 1.165) is 44.1 Å². The molecule has 0 radical (unpaired) electrons. The number of hydrogen-bond donors (Lipinski definition) is 1. The van der Waals surface area contributed by atoms with Crippen LogP contribution >= 0.6 is 0 Å². The van der Waals surface area contributed by atoms with E-state index in [1.165, 1.54) is 5.56 Å². The Hall–Kier alpha value is -3.58. The highest BCUT2D eigenvalue weighted by Gasteiger charge is 2.22. The van der Waals surface area contributed by atoms with Gasteiger partial charge in [-0.1, -0.05) is 30.3 Å². The van der Waals surface area contributed by atoms with Crippen molar-refractivity contribution >= 4 is 23.2 Å². The summed E-state index contributed by atoms with van der Waals surface area (Å²) in [4.78, 5) is 29.9. The zero-order valence-electron chi connectivity index (χ0n) is 20.5. The molecule has 1 unspecified atom stereocenters. The van der Waals surface area contributed by atoms with Gasteiger partial charge < -0.3 is 24.4 Å². The van der Waals surface area contributed by atoms with E-state index in [0.29, 0.717) is 12.2 Å². The molecule has 4 rings (SSSR count). The third-order valence-electron chi connectivity index (χ3n) is 6.38. The summed E-state index contributed by atoms with van der Waals surface area (Å²) in [5.41, 5.74) is 3.65. The Morgan fingerprint density at radius 1 is 1.00 bits per heavy atom. The lowest BCUT2D eigenvalue weighted by Gasteiger charge is -2.29. The number of likely N-dealkylation sites (N-methyl/N-ethyl adjacent to an activating group) is 1. The summed E-state index contributed by atoms with van der Waals surface area (Å²) in [6, 6.07) is 21.9. The number of aromatic nitrogens is 1. The summed E-state index contributed by atoms with van der Waals surface area (Å²) in [6.45, 7) is 7.63. The standard InChI is InChI=1S/C28H34N4O3/c1-3-30(21-27(33)29-24-11-13-25(14-12-24)31-16-18-35-19-17-31)28(34)26-10-7-15-32(26)22(2)20-23-8-5-4-6-9-23/h4-15,22H,3,16-21H2,1-2H3,(H,29,33). The molecule has 7 nitrogen and oxygen atoms in total. The molecule has 35 heavy (non-hydrogen) atoms. The van der Waals surface area contributed by atoms with Crippen molar-refractivity contribution in [2.24, 2.45) is 0 Å². The molecule has 2 heterocycles. The van der Waals surface area contributed by atoms with Crippen LogP contribution in [0, 0.1) is 0 Å². The topological polar surface area (TPSA) is 66.8 Å². The van der Waals surface area contributed by atoms with Gasteiger partial charge in [0.15, 0.2) is 0 Å². The second-order valence-corrected chi connectivity index (χ2v) is 8.85. The largest absolute Gasteiger partial charge is 0.378 e. The zero-order chi connectivity index (χ0) is 24.6. The third-order valence-corrected chi connectivity index (χ3v) is 6.38. The first-order chi connectivity index (χ1) is 17.0. The van der Waals surface area contributed by atoms with Gasteiger partial charge in [0.2, 0.25) is 5.91 Å². The maximum atomic E-state index is 13.3.